The first kappa shape index (κ1) is 22.3. The number of piperidine rings is 1. The number of carbonyl (C=O) groups is 4. The molecule has 176 valence electrons. The van der Waals surface area contributed by atoms with Crippen LogP contribution in [-0.4, -0.2) is 47.5 Å². The number of amidine groups is 1. The van der Waals surface area contributed by atoms with Gasteiger partial charge < -0.3 is 15.0 Å². The quantitative estimate of drug-likeness (QED) is 0.306. The van der Waals surface area contributed by atoms with E-state index in [-0.39, 0.29) is 37.0 Å². The zero-order valence-electron chi connectivity index (χ0n) is 18.9. The van der Waals surface area contributed by atoms with Crippen LogP contribution in [0.25, 0.3) is 10.8 Å². The first-order valence-electron chi connectivity index (χ1n) is 11.1. The number of methoxy groups -OCH3 is 1. The van der Waals surface area contributed by atoms with Crippen molar-refractivity contribution in [1.82, 2.24) is 15.5 Å². The van der Waals surface area contributed by atoms with Gasteiger partial charge in [0.15, 0.2) is 0 Å². The van der Waals surface area contributed by atoms with Crippen LogP contribution in [-0.2, 0) is 16.1 Å². The third-order valence-electron chi connectivity index (χ3n) is 6.36. The second-order valence-electron chi connectivity index (χ2n) is 8.53. The summed E-state index contributed by atoms with van der Waals surface area (Å²) in [7, 11) is 1.60. The SMILES string of the molecule is COc1ccc2cc(C(=N)NC(=O)c3ccc4c(c3)CN(C3CCC(=O)NC3=O)C4=O)ccc2c1. The van der Waals surface area contributed by atoms with Crippen molar-refractivity contribution >= 4 is 40.2 Å². The fourth-order valence-corrected chi connectivity index (χ4v) is 4.48. The fourth-order valence-electron chi connectivity index (χ4n) is 4.48. The number of imide groups is 1. The molecule has 2 aliphatic heterocycles. The van der Waals surface area contributed by atoms with Crippen molar-refractivity contribution < 1.29 is 23.9 Å². The summed E-state index contributed by atoms with van der Waals surface area (Å²) in [6, 6.07) is 15.0. The van der Waals surface area contributed by atoms with Gasteiger partial charge in [-0.1, -0.05) is 18.2 Å². The Balaban J connectivity index is 1.30. The van der Waals surface area contributed by atoms with E-state index in [4.69, 9.17) is 10.1 Å². The van der Waals surface area contributed by atoms with Gasteiger partial charge in [0.1, 0.15) is 17.6 Å². The van der Waals surface area contributed by atoms with Crippen LogP contribution >= 0.6 is 0 Å². The Kier molecular flexibility index (Phi) is 5.52. The van der Waals surface area contributed by atoms with E-state index < -0.39 is 17.9 Å². The van der Waals surface area contributed by atoms with Crippen molar-refractivity contribution in [2.45, 2.75) is 25.4 Å². The Labute approximate surface area is 200 Å². The molecule has 9 heteroatoms. The van der Waals surface area contributed by atoms with Gasteiger partial charge in [0.25, 0.3) is 11.8 Å². The van der Waals surface area contributed by atoms with E-state index in [9.17, 15) is 19.2 Å². The van der Waals surface area contributed by atoms with E-state index >= 15 is 0 Å². The molecule has 1 atom stereocenters. The Hall–Kier alpha value is -4.53. The van der Waals surface area contributed by atoms with Crippen molar-refractivity contribution in [2.24, 2.45) is 0 Å². The molecular formula is C26H22N4O5. The summed E-state index contributed by atoms with van der Waals surface area (Å²) in [6.07, 6.45) is 0.446. The van der Waals surface area contributed by atoms with Gasteiger partial charge in [-0.05, 0) is 59.2 Å². The second kappa shape index (κ2) is 8.68. The Morgan fingerprint density at radius 1 is 1.03 bits per heavy atom. The number of fused-ring (bicyclic) bond motifs is 2. The van der Waals surface area contributed by atoms with Crippen LogP contribution in [0.2, 0.25) is 0 Å². The standard InChI is InChI=1S/C26H22N4O5/c1-35-19-6-4-14-10-16(3-2-15(14)12-19)23(27)29-24(32)17-5-7-20-18(11-17)13-30(26(20)34)21-8-9-22(31)28-25(21)33/h2-7,10-12,21H,8-9,13H2,1H3,(H2,27,29,32)(H,28,31,33). The molecule has 1 fully saturated rings. The average molecular weight is 470 g/mol. The third-order valence-corrected chi connectivity index (χ3v) is 6.36. The van der Waals surface area contributed by atoms with Crippen molar-refractivity contribution in [1.29, 1.82) is 5.41 Å². The van der Waals surface area contributed by atoms with Crippen LogP contribution < -0.4 is 15.4 Å². The monoisotopic (exact) mass is 470 g/mol. The highest BCUT2D eigenvalue weighted by molar-refractivity contribution is 6.13. The number of nitrogens with zero attached hydrogens (tertiary/aromatic N) is 1. The number of nitrogens with one attached hydrogen (secondary N) is 3. The highest BCUT2D eigenvalue weighted by Gasteiger charge is 2.39. The summed E-state index contributed by atoms with van der Waals surface area (Å²) in [4.78, 5) is 50.8. The van der Waals surface area contributed by atoms with Crippen molar-refractivity contribution in [2.75, 3.05) is 7.11 Å². The lowest BCUT2D eigenvalue weighted by molar-refractivity contribution is -0.136. The van der Waals surface area contributed by atoms with Crippen LogP contribution in [0.1, 0.15) is 44.7 Å². The summed E-state index contributed by atoms with van der Waals surface area (Å²) in [5.74, 6) is -0.915. The van der Waals surface area contributed by atoms with Crippen LogP contribution in [0.15, 0.2) is 54.6 Å². The maximum atomic E-state index is 12.9. The Morgan fingerprint density at radius 3 is 2.54 bits per heavy atom. The van der Waals surface area contributed by atoms with E-state index in [1.165, 1.54) is 11.0 Å². The fraction of sp³-hybridized carbons (Fsp3) is 0.192. The maximum Gasteiger partial charge on any atom is 0.256 e. The smallest absolute Gasteiger partial charge is 0.256 e. The zero-order valence-corrected chi connectivity index (χ0v) is 18.9. The Morgan fingerprint density at radius 2 is 1.77 bits per heavy atom. The summed E-state index contributed by atoms with van der Waals surface area (Å²) < 4.78 is 5.23. The topological polar surface area (TPSA) is 129 Å². The van der Waals surface area contributed by atoms with Crippen LogP contribution in [0.4, 0.5) is 0 Å². The molecule has 0 spiro atoms. The molecule has 35 heavy (non-hydrogen) atoms. The van der Waals surface area contributed by atoms with Gasteiger partial charge in [-0.15, -0.1) is 0 Å². The highest BCUT2D eigenvalue weighted by Crippen LogP contribution is 2.28. The molecule has 0 aliphatic carbocycles. The Bertz CT molecular complexity index is 1430. The van der Waals surface area contributed by atoms with Gasteiger partial charge in [0.05, 0.1) is 7.11 Å². The van der Waals surface area contributed by atoms with E-state index in [2.05, 4.69) is 10.6 Å². The minimum Gasteiger partial charge on any atom is -0.497 e. The lowest BCUT2D eigenvalue weighted by Crippen LogP contribution is -2.52. The molecule has 1 saturated heterocycles. The number of amides is 4. The average Bonchev–Trinajstić information content (AvgIpc) is 3.18. The highest BCUT2D eigenvalue weighted by atomic mass is 16.5. The van der Waals surface area contributed by atoms with Crippen LogP contribution in [0, 0.1) is 5.41 Å². The van der Waals surface area contributed by atoms with Gasteiger partial charge in [-0.3, -0.25) is 29.9 Å². The molecule has 4 amide bonds. The first-order chi connectivity index (χ1) is 16.8. The third kappa shape index (κ3) is 4.12. The molecular weight excluding hydrogens is 448 g/mol. The first-order valence-corrected chi connectivity index (χ1v) is 11.1. The van der Waals surface area contributed by atoms with Gasteiger partial charge in [0.2, 0.25) is 11.8 Å². The van der Waals surface area contributed by atoms with E-state index in [0.717, 1.165) is 16.5 Å². The van der Waals surface area contributed by atoms with E-state index in [1.54, 1.807) is 25.3 Å². The lowest BCUT2D eigenvalue weighted by atomic mass is 10.0. The van der Waals surface area contributed by atoms with Crippen molar-refractivity contribution in [3.8, 4) is 5.75 Å². The molecule has 1 unspecified atom stereocenters. The molecule has 0 saturated carbocycles. The molecule has 0 bridgehead atoms. The summed E-state index contributed by atoms with van der Waals surface area (Å²) in [5.41, 5.74) is 1.90. The normalized spacial score (nSPS) is 17.2. The molecule has 2 aliphatic rings. The molecule has 3 N–H and O–H groups in total. The predicted molar refractivity (Wildman–Crippen MR) is 127 cm³/mol. The zero-order chi connectivity index (χ0) is 24.7. The van der Waals surface area contributed by atoms with Gasteiger partial charge in [-0.25, -0.2) is 0 Å². The van der Waals surface area contributed by atoms with Gasteiger partial charge in [-0.2, -0.15) is 0 Å². The molecule has 5 rings (SSSR count). The largest absolute Gasteiger partial charge is 0.497 e. The molecule has 3 aromatic carbocycles. The molecule has 3 aromatic rings. The molecule has 0 aromatic heterocycles. The second-order valence-corrected chi connectivity index (χ2v) is 8.53. The number of hydrogen-bond donors (Lipinski definition) is 3. The van der Waals surface area contributed by atoms with Gasteiger partial charge >= 0.3 is 0 Å². The van der Waals surface area contributed by atoms with Gasteiger partial charge in [0, 0.05) is 29.7 Å². The summed E-state index contributed by atoms with van der Waals surface area (Å²) in [5, 5.41) is 15.1. The number of rotatable bonds is 4. The maximum absolute atomic E-state index is 12.9. The number of hydrogen-bond acceptors (Lipinski definition) is 6. The number of benzene rings is 3. The molecule has 9 nitrogen and oxygen atoms in total. The lowest BCUT2D eigenvalue weighted by Gasteiger charge is -2.29. The molecule has 2 heterocycles. The van der Waals surface area contributed by atoms with E-state index in [0.29, 0.717) is 22.3 Å². The minimum absolute atomic E-state index is 0.0468. The summed E-state index contributed by atoms with van der Waals surface area (Å²) in [6.45, 7) is 0.174. The van der Waals surface area contributed by atoms with E-state index in [1.807, 2.05) is 30.3 Å². The van der Waals surface area contributed by atoms with Crippen molar-refractivity contribution in [3.05, 3.63) is 76.9 Å². The molecule has 0 radical (unpaired) electrons. The van der Waals surface area contributed by atoms with Crippen molar-refractivity contribution in [3.63, 3.8) is 0 Å². The number of ether oxygens (including phenoxy) is 1. The van der Waals surface area contributed by atoms with Crippen LogP contribution in [0.5, 0.6) is 5.75 Å². The number of carbonyl (C=O) groups excluding carboxylic acids is 4. The minimum atomic E-state index is -0.717. The van der Waals surface area contributed by atoms with Crippen LogP contribution in [0.3, 0.4) is 0 Å². The summed E-state index contributed by atoms with van der Waals surface area (Å²) >= 11 is 0. The predicted octanol–water partition coefficient (Wildman–Crippen LogP) is 2.36.